The number of benzene rings is 1. The van der Waals surface area contributed by atoms with Crippen LogP contribution in [-0.4, -0.2) is 12.8 Å². The molecule has 2 aliphatic heterocycles. The van der Waals surface area contributed by atoms with E-state index in [0.717, 1.165) is 34.2 Å². The van der Waals surface area contributed by atoms with E-state index >= 15 is 0 Å². The number of rotatable bonds is 1. The molecule has 2 heterocycles. The molecule has 0 N–H and O–H groups in total. The van der Waals surface area contributed by atoms with Gasteiger partial charge in [0.2, 0.25) is 0 Å². The van der Waals surface area contributed by atoms with E-state index in [2.05, 4.69) is 34.8 Å². The number of halogens is 2. The Morgan fingerprint density at radius 2 is 2.29 bits per heavy atom. The normalized spacial score (nSPS) is 23.1. The van der Waals surface area contributed by atoms with Crippen molar-refractivity contribution >= 4 is 27.7 Å². The van der Waals surface area contributed by atoms with E-state index in [-0.39, 0.29) is 5.82 Å². The van der Waals surface area contributed by atoms with Gasteiger partial charge in [-0.2, -0.15) is 0 Å². The number of aliphatic imine (C=N–C) groups is 1. The molecule has 0 spiro atoms. The Morgan fingerprint density at radius 3 is 3.05 bits per heavy atom. The topological polar surface area (TPSA) is 21.6 Å². The van der Waals surface area contributed by atoms with E-state index in [4.69, 9.17) is 4.74 Å². The molecule has 0 saturated carbocycles. The molecule has 1 unspecified atom stereocenters. The highest BCUT2D eigenvalue weighted by atomic mass is 79.9. The van der Waals surface area contributed by atoms with Crippen LogP contribution < -0.4 is 4.74 Å². The first-order chi connectivity index (χ1) is 10.1. The first-order valence-electron chi connectivity index (χ1n) is 7.19. The number of hydrogen-bond acceptors (Lipinski definition) is 2. The lowest BCUT2D eigenvalue weighted by molar-refractivity contribution is 0.347. The molecule has 1 atom stereocenters. The van der Waals surface area contributed by atoms with Crippen LogP contribution in [0.1, 0.15) is 32.3 Å². The Kier molecular flexibility index (Phi) is 3.98. The van der Waals surface area contributed by atoms with Crippen LogP contribution in [0.5, 0.6) is 5.75 Å². The summed E-state index contributed by atoms with van der Waals surface area (Å²) in [4.78, 5) is 4.52. The SMILES string of the molecule is CC/C(Br)=C1\C2=C(COc3cc(F)ccc31)N=CCC2C. The van der Waals surface area contributed by atoms with Crippen LogP contribution in [0.3, 0.4) is 0 Å². The zero-order valence-electron chi connectivity index (χ0n) is 12.1. The van der Waals surface area contributed by atoms with E-state index in [0.29, 0.717) is 18.3 Å². The molecular weight excluding hydrogens is 333 g/mol. The van der Waals surface area contributed by atoms with Gasteiger partial charge in [-0.05, 0) is 36.5 Å². The van der Waals surface area contributed by atoms with Gasteiger partial charge in [0.1, 0.15) is 18.2 Å². The van der Waals surface area contributed by atoms with Gasteiger partial charge in [0.05, 0.1) is 5.70 Å². The third kappa shape index (κ3) is 2.57. The molecule has 0 radical (unpaired) electrons. The van der Waals surface area contributed by atoms with Crippen LogP contribution in [0.4, 0.5) is 4.39 Å². The summed E-state index contributed by atoms with van der Waals surface area (Å²) in [5.74, 6) is 0.690. The van der Waals surface area contributed by atoms with Crippen LogP contribution >= 0.6 is 15.9 Å². The van der Waals surface area contributed by atoms with Gasteiger partial charge >= 0.3 is 0 Å². The summed E-state index contributed by atoms with van der Waals surface area (Å²) in [6.07, 6.45) is 3.74. The van der Waals surface area contributed by atoms with Crippen molar-refractivity contribution in [2.24, 2.45) is 10.9 Å². The molecule has 110 valence electrons. The van der Waals surface area contributed by atoms with Crippen molar-refractivity contribution in [3.8, 4) is 5.75 Å². The molecule has 0 amide bonds. The predicted octanol–water partition coefficient (Wildman–Crippen LogP) is 5.10. The molecule has 2 aliphatic rings. The maximum Gasteiger partial charge on any atom is 0.131 e. The molecule has 21 heavy (non-hydrogen) atoms. The van der Waals surface area contributed by atoms with Gasteiger partial charge in [-0.25, -0.2) is 4.39 Å². The molecule has 0 aliphatic carbocycles. The Balaban J connectivity index is 2.27. The fourth-order valence-corrected chi connectivity index (χ4v) is 3.31. The fourth-order valence-electron chi connectivity index (χ4n) is 2.88. The minimum Gasteiger partial charge on any atom is -0.487 e. The quantitative estimate of drug-likeness (QED) is 0.691. The molecule has 0 bridgehead atoms. The number of nitrogens with zero attached hydrogens (tertiary/aromatic N) is 1. The van der Waals surface area contributed by atoms with E-state index in [1.165, 1.54) is 17.7 Å². The summed E-state index contributed by atoms with van der Waals surface area (Å²) in [6.45, 7) is 4.69. The average Bonchev–Trinajstić information content (AvgIpc) is 2.64. The van der Waals surface area contributed by atoms with Crippen molar-refractivity contribution < 1.29 is 9.13 Å². The summed E-state index contributed by atoms with van der Waals surface area (Å²) in [5.41, 5.74) is 4.23. The first-order valence-corrected chi connectivity index (χ1v) is 7.98. The molecule has 1 aromatic carbocycles. The largest absolute Gasteiger partial charge is 0.487 e. The highest BCUT2D eigenvalue weighted by molar-refractivity contribution is 9.11. The van der Waals surface area contributed by atoms with E-state index < -0.39 is 0 Å². The number of hydrogen-bond donors (Lipinski definition) is 0. The molecule has 0 saturated heterocycles. The Hall–Kier alpha value is -1.42. The van der Waals surface area contributed by atoms with Crippen LogP contribution in [-0.2, 0) is 0 Å². The molecule has 0 aromatic heterocycles. The second-order valence-electron chi connectivity index (χ2n) is 5.37. The van der Waals surface area contributed by atoms with Gasteiger partial charge in [-0.3, -0.25) is 4.99 Å². The van der Waals surface area contributed by atoms with Crippen molar-refractivity contribution in [3.63, 3.8) is 0 Å². The van der Waals surface area contributed by atoms with Crippen molar-refractivity contribution in [3.05, 3.63) is 45.3 Å². The second kappa shape index (κ2) is 5.76. The average molecular weight is 350 g/mol. The molecule has 3 rings (SSSR count). The van der Waals surface area contributed by atoms with Crippen molar-refractivity contribution in [2.45, 2.75) is 26.7 Å². The summed E-state index contributed by atoms with van der Waals surface area (Å²) in [5, 5.41) is 0. The Morgan fingerprint density at radius 1 is 1.48 bits per heavy atom. The number of allylic oxidation sites excluding steroid dienone is 3. The first kappa shape index (κ1) is 14.5. The summed E-state index contributed by atoms with van der Waals surface area (Å²) in [7, 11) is 0. The maximum atomic E-state index is 13.5. The van der Waals surface area contributed by atoms with E-state index in [1.54, 1.807) is 6.07 Å². The third-order valence-electron chi connectivity index (χ3n) is 3.94. The Labute approximate surface area is 132 Å². The minimum absolute atomic E-state index is 0.280. The second-order valence-corrected chi connectivity index (χ2v) is 6.33. The standard InChI is InChI=1S/C17H17BrFNO/c1-3-13(18)17-12-5-4-11(19)8-15(12)21-9-14-16(17)10(2)6-7-20-14/h4-5,7-8,10H,3,6,9H2,1-2H3/b17-13+. The van der Waals surface area contributed by atoms with Crippen molar-refractivity contribution in [1.82, 2.24) is 0 Å². The molecule has 4 heteroatoms. The van der Waals surface area contributed by atoms with Crippen molar-refractivity contribution in [2.75, 3.05) is 6.61 Å². The van der Waals surface area contributed by atoms with Gasteiger partial charge in [0.25, 0.3) is 0 Å². The highest BCUT2D eigenvalue weighted by Crippen LogP contribution is 2.44. The van der Waals surface area contributed by atoms with Gasteiger partial charge in [0, 0.05) is 27.9 Å². The van der Waals surface area contributed by atoms with Gasteiger partial charge in [0.15, 0.2) is 0 Å². The lowest BCUT2D eigenvalue weighted by Crippen LogP contribution is -2.12. The lowest BCUT2D eigenvalue weighted by atomic mass is 9.84. The summed E-state index contributed by atoms with van der Waals surface area (Å²) >= 11 is 3.70. The van der Waals surface area contributed by atoms with Crippen LogP contribution in [0.15, 0.2) is 38.9 Å². The monoisotopic (exact) mass is 349 g/mol. The third-order valence-corrected chi connectivity index (χ3v) is 4.90. The Bertz CT molecular complexity index is 675. The number of ether oxygens (including phenoxy) is 1. The van der Waals surface area contributed by atoms with Gasteiger partial charge in [-0.1, -0.05) is 29.8 Å². The summed E-state index contributed by atoms with van der Waals surface area (Å²) < 4.78 is 20.4. The van der Waals surface area contributed by atoms with Gasteiger partial charge in [-0.15, -0.1) is 0 Å². The molecule has 0 fully saturated rings. The number of fused-ring (bicyclic) bond motifs is 1. The molecule has 1 aromatic rings. The zero-order valence-corrected chi connectivity index (χ0v) is 13.7. The zero-order chi connectivity index (χ0) is 15.0. The van der Waals surface area contributed by atoms with Crippen LogP contribution in [0, 0.1) is 11.7 Å². The summed E-state index contributed by atoms with van der Waals surface area (Å²) in [6, 6.07) is 4.75. The van der Waals surface area contributed by atoms with Crippen molar-refractivity contribution in [1.29, 1.82) is 0 Å². The fraction of sp³-hybridized carbons (Fsp3) is 0.353. The highest BCUT2D eigenvalue weighted by Gasteiger charge is 2.28. The minimum atomic E-state index is -0.280. The maximum absolute atomic E-state index is 13.5. The van der Waals surface area contributed by atoms with E-state index in [9.17, 15) is 4.39 Å². The van der Waals surface area contributed by atoms with Crippen LogP contribution in [0.2, 0.25) is 0 Å². The molecule has 2 nitrogen and oxygen atoms in total. The lowest BCUT2D eigenvalue weighted by Gasteiger charge is -2.23. The predicted molar refractivity (Wildman–Crippen MR) is 87.3 cm³/mol. The van der Waals surface area contributed by atoms with E-state index in [1.807, 2.05) is 6.21 Å². The van der Waals surface area contributed by atoms with Gasteiger partial charge < -0.3 is 4.74 Å². The van der Waals surface area contributed by atoms with Crippen LogP contribution in [0.25, 0.3) is 5.57 Å². The molecular formula is C17H17BrFNO. The smallest absolute Gasteiger partial charge is 0.131 e.